The van der Waals surface area contributed by atoms with Gasteiger partial charge >= 0.3 is 0 Å². The second-order valence-corrected chi connectivity index (χ2v) is 24.9. The third-order valence-corrected chi connectivity index (χ3v) is 19.9. The molecule has 18 rings (SSSR count). The molecule has 4 bridgehead atoms. The van der Waals surface area contributed by atoms with E-state index in [1.807, 2.05) is 42.7 Å². The van der Waals surface area contributed by atoms with E-state index < -0.39 is 5.41 Å². The largest absolute Gasteiger partial charge is 0.491 e. The zero-order chi connectivity index (χ0) is 53.3. The van der Waals surface area contributed by atoms with Crippen LogP contribution in [0.5, 0.6) is 17.2 Å². The van der Waals surface area contributed by atoms with Crippen molar-refractivity contribution < 1.29 is 13.9 Å². The van der Waals surface area contributed by atoms with Crippen LogP contribution in [-0.2, 0) is 10.8 Å². The molecule has 1 aromatic heterocycles. The summed E-state index contributed by atoms with van der Waals surface area (Å²) < 4.78 is 31.3. The molecule has 1 spiro atoms. The number of anilines is 3. The first-order chi connectivity index (χ1) is 39.1. The van der Waals surface area contributed by atoms with Crippen LogP contribution in [0.3, 0.4) is 0 Å². The van der Waals surface area contributed by atoms with Gasteiger partial charge in [-0.25, -0.2) is 4.39 Å². The first kappa shape index (κ1) is 46.4. The summed E-state index contributed by atoms with van der Waals surface area (Å²) in [5, 5.41) is 6.60. The Morgan fingerprint density at radius 2 is 1.12 bits per heavy atom. The van der Waals surface area contributed by atoms with Gasteiger partial charge in [0.1, 0.15) is 11.6 Å². The van der Waals surface area contributed by atoms with Gasteiger partial charge < -0.3 is 14.4 Å². The monoisotopic (exact) mass is 1040 g/mol. The van der Waals surface area contributed by atoms with Crippen molar-refractivity contribution in [3.63, 3.8) is 0 Å². The number of hydrogen-bond donors (Lipinski definition) is 0. The smallest absolute Gasteiger partial charge is 0.151 e. The molecule has 0 N–H and O–H groups in total. The predicted molar refractivity (Wildman–Crippen MR) is 324 cm³/mol. The van der Waals surface area contributed by atoms with Gasteiger partial charge in [-0.15, -0.1) is 0 Å². The highest BCUT2D eigenvalue weighted by Crippen LogP contribution is 2.71. The molecular formula is C75H59FN2O2. The van der Waals surface area contributed by atoms with Gasteiger partial charge in [0, 0.05) is 44.9 Å². The van der Waals surface area contributed by atoms with Crippen molar-refractivity contribution in [2.24, 2.45) is 23.7 Å². The molecule has 7 aliphatic rings. The number of benzene rings is 10. The van der Waals surface area contributed by atoms with Crippen LogP contribution in [-0.4, -0.2) is 11.1 Å². The molecule has 4 saturated carbocycles. The molecule has 388 valence electrons. The Morgan fingerprint density at radius 1 is 0.525 bits per heavy atom. The lowest BCUT2D eigenvalue weighted by Gasteiger charge is -2.61. The van der Waals surface area contributed by atoms with Crippen LogP contribution in [0.25, 0.3) is 88.0 Å². The van der Waals surface area contributed by atoms with Gasteiger partial charge in [-0.2, -0.15) is 0 Å². The summed E-state index contributed by atoms with van der Waals surface area (Å²) in [7, 11) is 0. The summed E-state index contributed by atoms with van der Waals surface area (Å²) in [6.07, 6.45) is 10.4. The standard InChI is InChI=1S/C75H59FN2O2/c1-42(2)79-53-39-58(71-61-35-47(46-22-21-45-27-28-77-41-50(45)34-46)23-26-63(61)75(64(71)40-53)51-30-43-29-44(32-51)33-52(75)31-43)48-24-25-62-59(36-48)60-37-49(38-65(76)72(60)74(62,3)4)70-54-13-5-7-15-56(54)73(57-16-8-6-14-55(57)70)78-66-17-9-11-19-68(66)80-69-20-12-10-18-67(69)78/h5-28,34-44,51-52H,29-33H2,1-4H3. The summed E-state index contributed by atoms with van der Waals surface area (Å²) in [6.45, 7) is 8.69. The Morgan fingerprint density at radius 3 is 1.82 bits per heavy atom. The summed E-state index contributed by atoms with van der Waals surface area (Å²) in [5.41, 5.74) is 18.5. The molecule has 0 radical (unpaired) electrons. The summed E-state index contributed by atoms with van der Waals surface area (Å²) >= 11 is 0. The van der Waals surface area contributed by atoms with Crippen molar-refractivity contribution in [3.05, 3.63) is 222 Å². The number of aromatic nitrogens is 1. The van der Waals surface area contributed by atoms with E-state index in [-0.39, 0.29) is 17.3 Å². The molecule has 1 aliphatic heterocycles. The van der Waals surface area contributed by atoms with Crippen LogP contribution in [0, 0.1) is 29.5 Å². The second kappa shape index (κ2) is 16.8. The fraction of sp³-hybridized carbons (Fsp3) is 0.213. The number of ether oxygens (including phenoxy) is 2. The number of rotatable bonds is 6. The number of pyridine rings is 1. The Kier molecular flexibility index (Phi) is 9.71. The van der Waals surface area contributed by atoms with Gasteiger partial charge in [0.25, 0.3) is 0 Å². The van der Waals surface area contributed by atoms with Crippen LogP contribution in [0.1, 0.15) is 82.1 Å². The lowest BCUT2D eigenvalue weighted by molar-refractivity contribution is -0.0400. The minimum atomic E-state index is -0.581. The normalized spacial score (nSPS) is 21.1. The maximum Gasteiger partial charge on any atom is 0.151 e. The van der Waals surface area contributed by atoms with E-state index in [9.17, 15) is 0 Å². The van der Waals surface area contributed by atoms with Gasteiger partial charge in [0.2, 0.25) is 0 Å². The minimum Gasteiger partial charge on any atom is -0.491 e. The second-order valence-electron chi connectivity index (χ2n) is 24.9. The average Bonchev–Trinajstić information content (AvgIpc) is 4.11. The Bertz CT molecular complexity index is 4360. The van der Waals surface area contributed by atoms with Crippen molar-refractivity contribution in [1.82, 2.24) is 4.98 Å². The molecule has 0 unspecified atom stereocenters. The molecule has 4 nitrogen and oxygen atoms in total. The van der Waals surface area contributed by atoms with Gasteiger partial charge in [-0.3, -0.25) is 4.98 Å². The minimum absolute atomic E-state index is 0.00364. The van der Waals surface area contributed by atoms with E-state index in [0.717, 1.165) is 112 Å². The van der Waals surface area contributed by atoms with Crippen LogP contribution >= 0.6 is 0 Å². The third kappa shape index (κ3) is 6.40. The molecule has 2 heterocycles. The molecule has 4 fully saturated rings. The van der Waals surface area contributed by atoms with Crippen molar-refractivity contribution in [2.45, 2.75) is 76.7 Å². The van der Waals surface area contributed by atoms with E-state index in [0.29, 0.717) is 11.8 Å². The number of nitrogens with zero attached hydrogens (tertiary/aromatic N) is 2. The Labute approximate surface area is 466 Å². The van der Waals surface area contributed by atoms with Crippen molar-refractivity contribution in [3.8, 4) is 72.9 Å². The summed E-state index contributed by atoms with van der Waals surface area (Å²) in [6, 6.07) is 66.2. The molecular weight excluding hydrogens is 980 g/mol. The Hall–Kier alpha value is -8.54. The van der Waals surface area contributed by atoms with Crippen molar-refractivity contribution in [2.75, 3.05) is 4.90 Å². The average molecular weight is 1040 g/mol. The fourth-order valence-corrected chi connectivity index (χ4v) is 17.1. The molecule has 5 heteroatoms. The maximum absolute atomic E-state index is 17.9. The lowest BCUT2D eigenvalue weighted by atomic mass is 9.43. The van der Waals surface area contributed by atoms with E-state index >= 15 is 4.39 Å². The molecule has 0 amide bonds. The molecule has 0 atom stereocenters. The Balaban J connectivity index is 0.878. The van der Waals surface area contributed by atoms with E-state index in [2.05, 4.69) is 189 Å². The molecule has 11 aromatic rings. The zero-order valence-electron chi connectivity index (χ0n) is 45.5. The highest BCUT2D eigenvalue weighted by atomic mass is 19.1. The molecule has 6 aliphatic carbocycles. The lowest BCUT2D eigenvalue weighted by Crippen LogP contribution is -2.55. The van der Waals surface area contributed by atoms with Crippen LogP contribution in [0.15, 0.2) is 194 Å². The van der Waals surface area contributed by atoms with Crippen LogP contribution < -0.4 is 14.4 Å². The van der Waals surface area contributed by atoms with Gasteiger partial charge in [0.05, 0.1) is 23.2 Å². The number of para-hydroxylation sites is 4. The zero-order valence-corrected chi connectivity index (χ0v) is 45.5. The first-order valence-electron chi connectivity index (χ1n) is 29.0. The van der Waals surface area contributed by atoms with Crippen LogP contribution in [0.4, 0.5) is 21.5 Å². The van der Waals surface area contributed by atoms with Gasteiger partial charge in [-0.1, -0.05) is 123 Å². The number of fused-ring (bicyclic) bond motifs is 11. The van der Waals surface area contributed by atoms with Crippen molar-refractivity contribution >= 4 is 49.4 Å². The summed E-state index contributed by atoms with van der Waals surface area (Å²) in [4.78, 5) is 6.86. The highest BCUT2D eigenvalue weighted by Gasteiger charge is 2.62. The van der Waals surface area contributed by atoms with Crippen LogP contribution in [0.2, 0.25) is 0 Å². The fourth-order valence-electron chi connectivity index (χ4n) is 17.1. The molecule has 80 heavy (non-hydrogen) atoms. The number of hydrogen-bond acceptors (Lipinski definition) is 4. The first-order valence-corrected chi connectivity index (χ1v) is 29.0. The topological polar surface area (TPSA) is 34.6 Å². The van der Waals surface area contributed by atoms with Gasteiger partial charge in [-0.05, 0) is 231 Å². The third-order valence-electron chi connectivity index (χ3n) is 19.9. The van der Waals surface area contributed by atoms with E-state index in [1.54, 1.807) is 0 Å². The maximum atomic E-state index is 17.9. The quantitative estimate of drug-likeness (QED) is 0.155. The predicted octanol–water partition coefficient (Wildman–Crippen LogP) is 20.1. The SMILES string of the molecule is CC(C)Oc1cc(-c2ccc3c(c2)-c2cc(-c4c5ccccc5c(N5c6ccccc6Oc6ccccc65)c5ccccc45)cc(F)c2C3(C)C)c2c(c1)C1(c3ccc(-c4ccc5ccncc5c4)cc3-2)C2CC3CC(C2)CC1C3. The highest BCUT2D eigenvalue weighted by molar-refractivity contribution is 6.23. The van der Waals surface area contributed by atoms with E-state index in [1.165, 1.54) is 76.4 Å². The van der Waals surface area contributed by atoms with Gasteiger partial charge in [0.15, 0.2) is 11.5 Å². The molecule has 10 aromatic carbocycles. The summed E-state index contributed by atoms with van der Waals surface area (Å²) in [5.74, 6) is 5.13. The number of halogens is 1. The molecule has 0 saturated heterocycles. The van der Waals surface area contributed by atoms with Crippen molar-refractivity contribution in [1.29, 1.82) is 0 Å². The van der Waals surface area contributed by atoms with E-state index in [4.69, 9.17) is 9.47 Å².